The summed E-state index contributed by atoms with van der Waals surface area (Å²) in [6.07, 6.45) is 0.914. The van der Waals surface area contributed by atoms with Gasteiger partial charge < -0.3 is 10.6 Å². The first kappa shape index (κ1) is 15.9. The van der Waals surface area contributed by atoms with Gasteiger partial charge >= 0.3 is 6.03 Å². The molecule has 6 heteroatoms. The Hall–Kier alpha value is -1.14. The van der Waals surface area contributed by atoms with E-state index in [2.05, 4.69) is 41.6 Å². The summed E-state index contributed by atoms with van der Waals surface area (Å²) in [5.74, 6) is 0.300. The number of amides is 3. The lowest BCUT2D eigenvalue weighted by atomic mass is 10.1. The van der Waals surface area contributed by atoms with Crippen molar-refractivity contribution in [1.82, 2.24) is 20.9 Å². The van der Waals surface area contributed by atoms with Crippen molar-refractivity contribution in [3.63, 3.8) is 0 Å². The Balaban J connectivity index is 2.17. The summed E-state index contributed by atoms with van der Waals surface area (Å²) in [6.45, 7) is 9.71. The molecule has 0 aliphatic carbocycles. The highest BCUT2D eigenvalue weighted by Gasteiger charge is 2.18. The van der Waals surface area contributed by atoms with Gasteiger partial charge in [-0.1, -0.05) is 13.8 Å². The average Bonchev–Trinajstić information content (AvgIpc) is 2.27. The molecule has 0 radical (unpaired) electrons. The highest BCUT2D eigenvalue weighted by Crippen LogP contribution is 1.98. The molecule has 19 heavy (non-hydrogen) atoms. The van der Waals surface area contributed by atoms with Crippen molar-refractivity contribution in [1.29, 1.82) is 0 Å². The highest BCUT2D eigenvalue weighted by molar-refractivity contribution is 5.95. The van der Waals surface area contributed by atoms with Crippen LogP contribution >= 0.6 is 0 Å². The maximum absolute atomic E-state index is 11.7. The third kappa shape index (κ3) is 7.12. The minimum Gasteiger partial charge on any atom is -0.338 e. The topological polar surface area (TPSA) is 73.5 Å². The van der Waals surface area contributed by atoms with Crippen molar-refractivity contribution >= 4 is 11.9 Å². The fraction of sp³-hybridized carbons (Fsp3) is 0.846. The minimum absolute atomic E-state index is 0.240. The number of nitrogens with zero attached hydrogens (tertiary/aromatic N) is 1. The third-order valence-electron chi connectivity index (χ3n) is 3.08. The number of carbonyl (C=O) groups is 2. The normalized spacial score (nSPS) is 20.3. The van der Waals surface area contributed by atoms with Crippen LogP contribution in [0.25, 0.3) is 0 Å². The lowest BCUT2D eigenvalue weighted by Crippen LogP contribution is -2.53. The monoisotopic (exact) mass is 270 g/mol. The Morgan fingerprint density at radius 1 is 1.42 bits per heavy atom. The van der Waals surface area contributed by atoms with Crippen molar-refractivity contribution in [2.45, 2.75) is 33.2 Å². The van der Waals surface area contributed by atoms with E-state index in [1.807, 2.05) is 0 Å². The molecule has 0 saturated carbocycles. The Bertz CT molecular complexity index is 307. The molecule has 0 unspecified atom stereocenters. The van der Waals surface area contributed by atoms with Gasteiger partial charge in [-0.05, 0) is 19.3 Å². The summed E-state index contributed by atoms with van der Waals surface area (Å²) in [5.41, 5.74) is 0. The number of rotatable bonds is 5. The number of carbonyl (C=O) groups excluding carboxylic acids is 2. The van der Waals surface area contributed by atoms with Crippen LogP contribution in [-0.4, -0.2) is 55.6 Å². The molecule has 0 aromatic heterocycles. The minimum atomic E-state index is -0.395. The smallest absolute Gasteiger partial charge is 0.321 e. The van der Waals surface area contributed by atoms with E-state index in [9.17, 15) is 9.59 Å². The standard InChI is InChI=1S/C13H26N4O2/c1-10(2)4-5-15-13(19)16-12(18)9-17-7-6-14-11(3)8-17/h10-11,14H,4-9H2,1-3H3,(H2,15,16,18,19)/t11-/m1/s1. The predicted octanol–water partition coefficient (Wildman–Crippen LogP) is 0.152. The first-order valence-corrected chi connectivity index (χ1v) is 7.00. The van der Waals surface area contributed by atoms with Crippen molar-refractivity contribution in [2.75, 3.05) is 32.7 Å². The number of hydrogen-bond donors (Lipinski definition) is 3. The molecule has 1 rings (SSSR count). The Morgan fingerprint density at radius 3 is 2.79 bits per heavy atom. The number of urea groups is 1. The molecule has 0 bridgehead atoms. The Labute approximate surface area is 115 Å². The zero-order chi connectivity index (χ0) is 14.3. The van der Waals surface area contributed by atoms with Crippen molar-refractivity contribution in [2.24, 2.45) is 5.92 Å². The first-order valence-electron chi connectivity index (χ1n) is 7.00. The molecular weight excluding hydrogens is 244 g/mol. The molecule has 0 spiro atoms. The Kier molecular flexibility index (Phi) is 6.80. The highest BCUT2D eigenvalue weighted by atomic mass is 16.2. The second kappa shape index (κ2) is 8.12. The second-order valence-electron chi connectivity index (χ2n) is 5.58. The summed E-state index contributed by atoms with van der Waals surface area (Å²) in [7, 11) is 0. The largest absolute Gasteiger partial charge is 0.338 e. The number of nitrogens with one attached hydrogen (secondary N) is 3. The summed E-state index contributed by atoms with van der Waals surface area (Å²) in [5, 5.41) is 8.37. The molecule has 1 aliphatic heterocycles. The third-order valence-corrected chi connectivity index (χ3v) is 3.08. The first-order chi connectivity index (χ1) is 8.97. The van der Waals surface area contributed by atoms with E-state index in [0.717, 1.165) is 26.1 Å². The number of hydrogen-bond acceptors (Lipinski definition) is 4. The van der Waals surface area contributed by atoms with Gasteiger partial charge in [0, 0.05) is 32.2 Å². The van der Waals surface area contributed by atoms with E-state index in [-0.39, 0.29) is 12.5 Å². The molecule has 1 saturated heterocycles. The molecule has 1 fully saturated rings. The van der Waals surface area contributed by atoms with E-state index < -0.39 is 6.03 Å². The summed E-state index contributed by atoms with van der Waals surface area (Å²) in [6, 6.07) is -0.00440. The molecule has 3 amide bonds. The van der Waals surface area contributed by atoms with Crippen LogP contribution in [-0.2, 0) is 4.79 Å². The summed E-state index contributed by atoms with van der Waals surface area (Å²) in [4.78, 5) is 25.2. The lowest BCUT2D eigenvalue weighted by Gasteiger charge is -2.31. The van der Waals surface area contributed by atoms with Gasteiger partial charge in [0.1, 0.15) is 0 Å². The molecular formula is C13H26N4O2. The fourth-order valence-electron chi connectivity index (χ4n) is 2.04. The van der Waals surface area contributed by atoms with Gasteiger partial charge in [0.25, 0.3) is 0 Å². The van der Waals surface area contributed by atoms with Gasteiger partial charge in [-0.2, -0.15) is 0 Å². The fourth-order valence-corrected chi connectivity index (χ4v) is 2.04. The van der Waals surface area contributed by atoms with Crippen molar-refractivity contribution in [3.8, 4) is 0 Å². The van der Waals surface area contributed by atoms with Crippen LogP contribution in [0.2, 0.25) is 0 Å². The van der Waals surface area contributed by atoms with Gasteiger partial charge in [0.2, 0.25) is 5.91 Å². The Morgan fingerprint density at radius 2 is 2.16 bits per heavy atom. The predicted molar refractivity (Wildman–Crippen MR) is 74.9 cm³/mol. The summed E-state index contributed by atoms with van der Waals surface area (Å²) < 4.78 is 0. The van der Waals surface area contributed by atoms with Crippen LogP contribution < -0.4 is 16.0 Å². The SMILES string of the molecule is CC(C)CCNC(=O)NC(=O)CN1CCN[C@H](C)C1. The van der Waals surface area contributed by atoms with Gasteiger partial charge in [0.05, 0.1) is 6.54 Å². The molecule has 1 heterocycles. The van der Waals surface area contributed by atoms with Gasteiger partial charge in [-0.3, -0.25) is 15.0 Å². The van der Waals surface area contributed by atoms with E-state index in [0.29, 0.717) is 18.5 Å². The molecule has 110 valence electrons. The number of imide groups is 1. The molecule has 6 nitrogen and oxygen atoms in total. The van der Waals surface area contributed by atoms with Crippen LogP contribution in [0.4, 0.5) is 4.79 Å². The average molecular weight is 270 g/mol. The van der Waals surface area contributed by atoms with E-state index >= 15 is 0 Å². The van der Waals surface area contributed by atoms with E-state index in [1.54, 1.807) is 0 Å². The van der Waals surface area contributed by atoms with Crippen LogP contribution in [0.1, 0.15) is 27.2 Å². The van der Waals surface area contributed by atoms with Gasteiger partial charge in [-0.25, -0.2) is 4.79 Å². The molecule has 3 N–H and O–H groups in total. The van der Waals surface area contributed by atoms with E-state index in [4.69, 9.17) is 0 Å². The quantitative estimate of drug-likeness (QED) is 0.665. The number of piperazine rings is 1. The van der Waals surface area contributed by atoms with Crippen LogP contribution in [0, 0.1) is 5.92 Å². The van der Waals surface area contributed by atoms with Gasteiger partial charge in [0.15, 0.2) is 0 Å². The molecule has 0 aromatic carbocycles. The molecule has 1 aliphatic rings. The van der Waals surface area contributed by atoms with Crippen molar-refractivity contribution < 1.29 is 9.59 Å². The van der Waals surface area contributed by atoms with Crippen LogP contribution in [0.5, 0.6) is 0 Å². The van der Waals surface area contributed by atoms with E-state index in [1.165, 1.54) is 0 Å². The van der Waals surface area contributed by atoms with Crippen LogP contribution in [0.3, 0.4) is 0 Å². The van der Waals surface area contributed by atoms with Gasteiger partial charge in [-0.15, -0.1) is 0 Å². The second-order valence-corrected chi connectivity index (χ2v) is 5.58. The maximum atomic E-state index is 11.7. The maximum Gasteiger partial charge on any atom is 0.321 e. The zero-order valence-electron chi connectivity index (χ0n) is 12.2. The lowest BCUT2D eigenvalue weighted by molar-refractivity contribution is -0.121. The zero-order valence-corrected chi connectivity index (χ0v) is 12.2. The summed E-state index contributed by atoms with van der Waals surface area (Å²) >= 11 is 0. The molecule has 1 atom stereocenters. The van der Waals surface area contributed by atoms with Crippen LogP contribution in [0.15, 0.2) is 0 Å². The molecule has 0 aromatic rings. The van der Waals surface area contributed by atoms with Crippen molar-refractivity contribution in [3.05, 3.63) is 0 Å².